The minimum Gasteiger partial charge on any atom is -0.385 e. The van der Waals surface area contributed by atoms with E-state index in [-0.39, 0.29) is 0 Å². The van der Waals surface area contributed by atoms with Gasteiger partial charge in [0, 0.05) is 26.0 Å². The molecular formula is C16H27IN2O. The van der Waals surface area contributed by atoms with Gasteiger partial charge < -0.3 is 4.74 Å². The number of rotatable bonds is 5. The molecule has 2 rings (SSSR count). The van der Waals surface area contributed by atoms with Crippen molar-refractivity contribution in [2.24, 2.45) is 10.8 Å². The molecule has 0 radical (unpaired) electrons. The molecule has 0 spiro atoms. The molecule has 20 heavy (non-hydrogen) atoms. The zero-order valence-corrected chi connectivity index (χ0v) is 15.4. The van der Waals surface area contributed by atoms with Crippen molar-refractivity contribution >= 4 is 22.6 Å². The Morgan fingerprint density at radius 1 is 1.40 bits per heavy atom. The van der Waals surface area contributed by atoms with Gasteiger partial charge in [-0.05, 0) is 66.0 Å². The van der Waals surface area contributed by atoms with Gasteiger partial charge in [0.15, 0.2) is 0 Å². The van der Waals surface area contributed by atoms with Gasteiger partial charge in [-0.2, -0.15) is 5.10 Å². The number of hydrogen-bond donors (Lipinski definition) is 0. The van der Waals surface area contributed by atoms with Crippen molar-refractivity contribution in [1.82, 2.24) is 9.78 Å². The molecule has 114 valence electrons. The smallest absolute Gasteiger partial charge is 0.0626 e. The average Bonchev–Trinajstić information content (AvgIpc) is 2.67. The van der Waals surface area contributed by atoms with Crippen LogP contribution in [0.25, 0.3) is 0 Å². The third-order valence-corrected chi connectivity index (χ3v) is 5.84. The van der Waals surface area contributed by atoms with Crippen molar-refractivity contribution in [3.63, 3.8) is 0 Å². The molecule has 0 aliphatic heterocycles. The van der Waals surface area contributed by atoms with Gasteiger partial charge >= 0.3 is 0 Å². The average molecular weight is 390 g/mol. The molecule has 0 bridgehead atoms. The van der Waals surface area contributed by atoms with Crippen LogP contribution in [-0.4, -0.2) is 23.5 Å². The quantitative estimate of drug-likeness (QED) is 0.696. The fourth-order valence-corrected chi connectivity index (χ4v) is 4.18. The summed E-state index contributed by atoms with van der Waals surface area (Å²) in [6.45, 7) is 8.88. The summed E-state index contributed by atoms with van der Waals surface area (Å²) in [4.78, 5) is 0. The van der Waals surface area contributed by atoms with Gasteiger partial charge in [-0.1, -0.05) is 20.3 Å². The van der Waals surface area contributed by atoms with Crippen LogP contribution in [0.1, 0.15) is 51.6 Å². The molecule has 1 atom stereocenters. The van der Waals surface area contributed by atoms with Gasteiger partial charge in [0.2, 0.25) is 0 Å². The lowest BCUT2D eigenvalue weighted by atomic mass is 9.62. The molecule has 0 aromatic carbocycles. The van der Waals surface area contributed by atoms with Gasteiger partial charge in [-0.25, -0.2) is 0 Å². The topological polar surface area (TPSA) is 27.1 Å². The largest absolute Gasteiger partial charge is 0.385 e. The van der Waals surface area contributed by atoms with Crippen LogP contribution in [0.15, 0.2) is 6.20 Å². The number of ether oxygens (including phenoxy) is 1. The summed E-state index contributed by atoms with van der Waals surface area (Å²) < 4.78 is 8.85. The molecule has 1 unspecified atom stereocenters. The lowest BCUT2D eigenvalue weighted by molar-refractivity contribution is 0.0294. The summed E-state index contributed by atoms with van der Waals surface area (Å²) in [5, 5.41) is 4.58. The van der Waals surface area contributed by atoms with Gasteiger partial charge in [0.25, 0.3) is 0 Å². The Balaban J connectivity index is 2.20. The first-order valence-electron chi connectivity index (χ1n) is 7.54. The van der Waals surface area contributed by atoms with Crippen LogP contribution in [-0.2, 0) is 11.3 Å². The molecule has 0 N–H and O–H groups in total. The van der Waals surface area contributed by atoms with E-state index in [1.165, 1.54) is 34.9 Å². The summed E-state index contributed by atoms with van der Waals surface area (Å²) in [5.41, 5.74) is 2.09. The van der Waals surface area contributed by atoms with Crippen LogP contribution in [0.5, 0.6) is 0 Å². The Kier molecular flexibility index (Phi) is 5.16. The molecule has 4 heteroatoms. The van der Waals surface area contributed by atoms with Crippen LogP contribution < -0.4 is 0 Å². The van der Waals surface area contributed by atoms with Crippen LogP contribution in [0.2, 0.25) is 0 Å². The van der Waals surface area contributed by atoms with E-state index in [2.05, 4.69) is 53.1 Å². The van der Waals surface area contributed by atoms with E-state index in [9.17, 15) is 0 Å². The maximum absolute atomic E-state index is 5.38. The van der Waals surface area contributed by atoms with E-state index in [4.69, 9.17) is 4.74 Å². The van der Waals surface area contributed by atoms with Crippen molar-refractivity contribution in [3.05, 3.63) is 15.5 Å². The van der Waals surface area contributed by atoms with Crippen molar-refractivity contribution in [1.29, 1.82) is 0 Å². The maximum Gasteiger partial charge on any atom is 0.0626 e. The van der Waals surface area contributed by atoms with Crippen LogP contribution in [0.4, 0.5) is 0 Å². The minimum absolute atomic E-state index is 0.345. The number of hydrogen-bond acceptors (Lipinski definition) is 2. The Bertz CT molecular complexity index is 455. The Labute approximate surface area is 136 Å². The summed E-state index contributed by atoms with van der Waals surface area (Å²) in [6, 6.07) is 0. The molecule has 1 aliphatic carbocycles. The molecule has 1 aromatic heterocycles. The first-order valence-corrected chi connectivity index (χ1v) is 8.62. The summed E-state index contributed by atoms with van der Waals surface area (Å²) in [7, 11) is 1.81. The number of halogens is 1. The first kappa shape index (κ1) is 16.3. The molecule has 1 aliphatic rings. The maximum atomic E-state index is 5.38. The highest BCUT2D eigenvalue weighted by Gasteiger charge is 2.40. The van der Waals surface area contributed by atoms with Crippen molar-refractivity contribution in [2.45, 2.75) is 59.4 Å². The zero-order chi connectivity index (χ0) is 14.8. The van der Waals surface area contributed by atoms with Crippen LogP contribution in [0.3, 0.4) is 0 Å². The summed E-state index contributed by atoms with van der Waals surface area (Å²) in [5.74, 6) is 0. The zero-order valence-electron chi connectivity index (χ0n) is 13.2. The van der Waals surface area contributed by atoms with E-state index < -0.39 is 0 Å². The predicted molar refractivity (Wildman–Crippen MR) is 90.9 cm³/mol. The van der Waals surface area contributed by atoms with E-state index in [0.717, 1.165) is 19.6 Å². The number of aromatic nitrogens is 2. The third kappa shape index (κ3) is 3.75. The van der Waals surface area contributed by atoms with Gasteiger partial charge in [0.1, 0.15) is 0 Å². The highest BCUT2D eigenvalue weighted by Crippen LogP contribution is 2.49. The monoisotopic (exact) mass is 390 g/mol. The fraction of sp³-hybridized carbons (Fsp3) is 0.812. The molecular weight excluding hydrogens is 363 g/mol. The van der Waals surface area contributed by atoms with Gasteiger partial charge in [-0.15, -0.1) is 0 Å². The standard InChI is InChI=1S/C16H27IN2O/c1-13-14(17)10-18-19(13)12-16(8-9-20-4)7-5-6-15(2,3)11-16/h10H,5-9,11-12H2,1-4H3. The van der Waals surface area contributed by atoms with E-state index in [1.807, 2.05) is 13.3 Å². The Morgan fingerprint density at radius 2 is 2.15 bits per heavy atom. The molecule has 0 saturated heterocycles. The van der Waals surface area contributed by atoms with Crippen molar-refractivity contribution in [2.75, 3.05) is 13.7 Å². The highest BCUT2D eigenvalue weighted by atomic mass is 127. The lowest BCUT2D eigenvalue weighted by Gasteiger charge is -2.45. The molecule has 1 saturated carbocycles. The summed E-state index contributed by atoms with van der Waals surface area (Å²) in [6.07, 6.45) is 8.37. The van der Waals surface area contributed by atoms with E-state index >= 15 is 0 Å². The van der Waals surface area contributed by atoms with Gasteiger partial charge in [-0.3, -0.25) is 4.68 Å². The second-order valence-electron chi connectivity index (χ2n) is 7.17. The molecule has 1 heterocycles. The SMILES string of the molecule is COCCC1(Cn2ncc(I)c2C)CCCC(C)(C)C1. The van der Waals surface area contributed by atoms with Gasteiger partial charge in [0.05, 0.1) is 9.77 Å². The first-order chi connectivity index (χ1) is 9.37. The van der Waals surface area contributed by atoms with Crippen molar-refractivity contribution < 1.29 is 4.74 Å². The molecule has 0 amide bonds. The Morgan fingerprint density at radius 3 is 2.70 bits per heavy atom. The van der Waals surface area contributed by atoms with Crippen LogP contribution >= 0.6 is 22.6 Å². The lowest BCUT2D eigenvalue weighted by Crippen LogP contribution is -2.38. The van der Waals surface area contributed by atoms with Crippen LogP contribution in [0, 0.1) is 21.3 Å². The third-order valence-electron chi connectivity index (χ3n) is 4.78. The second kappa shape index (κ2) is 6.34. The number of methoxy groups -OCH3 is 1. The normalized spacial score (nSPS) is 25.9. The number of nitrogens with zero attached hydrogens (tertiary/aromatic N) is 2. The fourth-order valence-electron chi connectivity index (χ4n) is 3.78. The highest BCUT2D eigenvalue weighted by molar-refractivity contribution is 14.1. The Hall–Kier alpha value is -0.100. The molecule has 1 aromatic rings. The molecule has 1 fully saturated rings. The summed E-state index contributed by atoms with van der Waals surface area (Å²) >= 11 is 2.37. The second-order valence-corrected chi connectivity index (χ2v) is 8.34. The van der Waals surface area contributed by atoms with E-state index in [0.29, 0.717) is 10.8 Å². The van der Waals surface area contributed by atoms with E-state index in [1.54, 1.807) is 0 Å². The van der Waals surface area contributed by atoms with Crippen molar-refractivity contribution in [3.8, 4) is 0 Å². The minimum atomic E-state index is 0.345. The molecule has 3 nitrogen and oxygen atoms in total. The predicted octanol–water partition coefficient (Wildman–Crippen LogP) is 4.42.